The van der Waals surface area contributed by atoms with Crippen LogP contribution in [-0.2, 0) is 9.59 Å². The van der Waals surface area contributed by atoms with Crippen LogP contribution in [0, 0.1) is 5.41 Å². The number of carboxylic acids is 1. The number of hydrogen-bond donors (Lipinski definition) is 1. The van der Waals surface area contributed by atoms with Gasteiger partial charge in [-0.25, -0.2) is 0 Å². The molecule has 3 aliphatic rings. The fraction of sp³-hybridized carbons (Fsp3) is 0.550. The van der Waals surface area contributed by atoms with E-state index in [1.54, 1.807) is 34.9 Å². The van der Waals surface area contributed by atoms with E-state index in [1.807, 2.05) is 0 Å². The maximum absolute atomic E-state index is 13.1. The van der Waals surface area contributed by atoms with Gasteiger partial charge in [-0.3, -0.25) is 14.4 Å². The van der Waals surface area contributed by atoms with Crippen molar-refractivity contribution in [3.8, 4) is 11.5 Å². The largest absolute Gasteiger partial charge is 0.481 e. The lowest BCUT2D eigenvalue weighted by Gasteiger charge is -2.39. The van der Waals surface area contributed by atoms with Crippen molar-refractivity contribution >= 4 is 17.8 Å². The van der Waals surface area contributed by atoms with Crippen LogP contribution >= 0.6 is 0 Å². The van der Waals surface area contributed by atoms with E-state index >= 15 is 0 Å². The lowest BCUT2D eigenvalue weighted by molar-refractivity contribution is -0.154. The Bertz CT molecular complexity index is 825. The van der Waals surface area contributed by atoms with E-state index in [0.717, 1.165) is 6.42 Å². The van der Waals surface area contributed by atoms with Crippen LogP contribution in [0.1, 0.15) is 43.0 Å². The van der Waals surface area contributed by atoms with Gasteiger partial charge in [0.2, 0.25) is 12.7 Å². The molecule has 0 radical (unpaired) electrons. The van der Waals surface area contributed by atoms with E-state index in [4.69, 9.17) is 9.47 Å². The number of fused-ring (bicyclic) bond motifs is 1. The number of hydrogen-bond acceptors (Lipinski definition) is 5. The van der Waals surface area contributed by atoms with Gasteiger partial charge in [-0.05, 0) is 50.8 Å². The second-order valence-corrected chi connectivity index (χ2v) is 7.95. The summed E-state index contributed by atoms with van der Waals surface area (Å²) in [5, 5.41) is 9.50. The quantitative estimate of drug-likeness (QED) is 0.847. The normalized spacial score (nSPS) is 26.4. The molecular formula is C20H24N2O6. The SMILES string of the molecule is CC1(C(=O)O)CCCN(C(=O)C2CCCN2C(=O)c2ccc3c(c2)OCO3)C1. The van der Waals surface area contributed by atoms with Crippen molar-refractivity contribution in [3.63, 3.8) is 0 Å². The molecule has 2 fully saturated rings. The van der Waals surface area contributed by atoms with Crippen molar-refractivity contribution in [1.82, 2.24) is 9.80 Å². The molecule has 1 N–H and O–H groups in total. The van der Waals surface area contributed by atoms with E-state index < -0.39 is 17.4 Å². The maximum Gasteiger partial charge on any atom is 0.311 e. The van der Waals surface area contributed by atoms with Crippen LogP contribution in [0.5, 0.6) is 11.5 Å². The molecular weight excluding hydrogens is 364 g/mol. The van der Waals surface area contributed by atoms with Crippen LogP contribution in [0.4, 0.5) is 0 Å². The molecule has 2 amide bonds. The number of aliphatic carboxylic acids is 1. The zero-order chi connectivity index (χ0) is 19.9. The summed E-state index contributed by atoms with van der Waals surface area (Å²) in [7, 11) is 0. The lowest BCUT2D eigenvalue weighted by Crippen LogP contribution is -2.54. The highest BCUT2D eigenvalue weighted by Crippen LogP contribution is 2.34. The average molecular weight is 388 g/mol. The summed E-state index contributed by atoms with van der Waals surface area (Å²) in [4.78, 5) is 41.0. The summed E-state index contributed by atoms with van der Waals surface area (Å²) in [5.41, 5.74) is -0.475. The Morgan fingerprint density at radius 1 is 1.14 bits per heavy atom. The highest BCUT2D eigenvalue weighted by molar-refractivity contribution is 5.98. The highest BCUT2D eigenvalue weighted by Gasteiger charge is 2.43. The fourth-order valence-corrected chi connectivity index (χ4v) is 4.27. The molecule has 8 nitrogen and oxygen atoms in total. The molecule has 0 aromatic heterocycles. The minimum Gasteiger partial charge on any atom is -0.481 e. The predicted molar refractivity (Wildman–Crippen MR) is 98.2 cm³/mol. The zero-order valence-electron chi connectivity index (χ0n) is 15.8. The number of carbonyl (C=O) groups excluding carboxylic acids is 2. The van der Waals surface area contributed by atoms with Gasteiger partial charge in [0.05, 0.1) is 5.41 Å². The number of carboxylic acid groups (broad SMARTS) is 1. The standard InChI is InChI=1S/C20H24N2O6/c1-20(19(25)26)7-3-8-21(11-20)18(24)14-4-2-9-22(14)17(23)13-5-6-15-16(10-13)28-12-27-15/h5-6,10,14H,2-4,7-9,11-12H2,1H3,(H,25,26). The molecule has 0 spiro atoms. The minimum absolute atomic E-state index is 0.134. The number of piperidine rings is 1. The Morgan fingerprint density at radius 3 is 2.71 bits per heavy atom. The Hall–Kier alpha value is -2.77. The van der Waals surface area contributed by atoms with Gasteiger partial charge in [-0.2, -0.15) is 0 Å². The first-order valence-electron chi connectivity index (χ1n) is 9.62. The summed E-state index contributed by atoms with van der Waals surface area (Å²) in [6, 6.07) is 4.48. The number of benzene rings is 1. The predicted octanol–water partition coefficient (Wildman–Crippen LogP) is 1.73. The van der Waals surface area contributed by atoms with Crippen LogP contribution < -0.4 is 9.47 Å². The van der Waals surface area contributed by atoms with Crippen LogP contribution in [0.2, 0.25) is 0 Å². The molecule has 2 saturated heterocycles. The van der Waals surface area contributed by atoms with Gasteiger partial charge in [0.25, 0.3) is 5.91 Å². The van der Waals surface area contributed by atoms with E-state index in [-0.39, 0.29) is 25.2 Å². The highest BCUT2D eigenvalue weighted by atomic mass is 16.7. The Morgan fingerprint density at radius 2 is 1.93 bits per heavy atom. The summed E-state index contributed by atoms with van der Waals surface area (Å²) in [5.74, 6) is -0.122. The van der Waals surface area contributed by atoms with E-state index in [2.05, 4.69) is 0 Å². The molecule has 3 aliphatic heterocycles. The number of likely N-dealkylation sites (tertiary alicyclic amines) is 2. The molecule has 1 aromatic carbocycles. The fourth-order valence-electron chi connectivity index (χ4n) is 4.27. The molecule has 8 heteroatoms. The second kappa shape index (κ2) is 7.00. The van der Waals surface area contributed by atoms with Crippen molar-refractivity contribution < 1.29 is 29.0 Å². The number of carbonyl (C=O) groups is 3. The first-order valence-corrected chi connectivity index (χ1v) is 9.62. The molecule has 2 atom stereocenters. The topological polar surface area (TPSA) is 96.4 Å². The molecule has 4 rings (SSSR count). The van der Waals surface area contributed by atoms with E-state index in [1.165, 1.54) is 0 Å². The van der Waals surface area contributed by atoms with Gasteiger partial charge < -0.3 is 24.4 Å². The monoisotopic (exact) mass is 388 g/mol. The van der Waals surface area contributed by atoms with Crippen LogP contribution in [-0.4, -0.2) is 65.2 Å². The third-order valence-corrected chi connectivity index (χ3v) is 5.94. The van der Waals surface area contributed by atoms with Crippen LogP contribution in [0.3, 0.4) is 0 Å². The van der Waals surface area contributed by atoms with Gasteiger partial charge in [-0.1, -0.05) is 0 Å². The smallest absolute Gasteiger partial charge is 0.311 e. The molecule has 0 bridgehead atoms. The van der Waals surface area contributed by atoms with Gasteiger partial charge in [0.15, 0.2) is 11.5 Å². The van der Waals surface area contributed by atoms with Crippen molar-refractivity contribution in [2.24, 2.45) is 5.41 Å². The second-order valence-electron chi connectivity index (χ2n) is 7.95. The molecule has 150 valence electrons. The van der Waals surface area contributed by atoms with Crippen molar-refractivity contribution in [2.75, 3.05) is 26.4 Å². The first-order chi connectivity index (χ1) is 13.4. The number of ether oxygens (including phenoxy) is 2. The number of amides is 2. The third-order valence-electron chi connectivity index (χ3n) is 5.94. The summed E-state index contributed by atoms with van der Waals surface area (Å²) >= 11 is 0. The molecule has 3 heterocycles. The zero-order valence-corrected chi connectivity index (χ0v) is 15.8. The molecule has 28 heavy (non-hydrogen) atoms. The van der Waals surface area contributed by atoms with Gasteiger partial charge in [-0.15, -0.1) is 0 Å². The Balaban J connectivity index is 1.51. The Kier molecular flexibility index (Phi) is 4.64. The van der Waals surface area contributed by atoms with Crippen molar-refractivity contribution in [2.45, 2.75) is 38.6 Å². The molecule has 1 aromatic rings. The van der Waals surface area contributed by atoms with Crippen molar-refractivity contribution in [3.05, 3.63) is 23.8 Å². The van der Waals surface area contributed by atoms with Crippen molar-refractivity contribution in [1.29, 1.82) is 0 Å². The maximum atomic E-state index is 13.1. The van der Waals surface area contributed by atoms with Crippen LogP contribution in [0.25, 0.3) is 0 Å². The summed E-state index contributed by atoms with van der Waals surface area (Å²) in [6.45, 7) is 3.04. The summed E-state index contributed by atoms with van der Waals surface area (Å²) < 4.78 is 10.6. The summed E-state index contributed by atoms with van der Waals surface area (Å²) in [6.07, 6.45) is 2.54. The van der Waals surface area contributed by atoms with Gasteiger partial charge >= 0.3 is 5.97 Å². The van der Waals surface area contributed by atoms with E-state index in [0.29, 0.717) is 49.4 Å². The third kappa shape index (κ3) is 3.16. The van der Waals surface area contributed by atoms with Gasteiger partial charge in [0, 0.05) is 25.2 Å². The van der Waals surface area contributed by atoms with Crippen LogP contribution in [0.15, 0.2) is 18.2 Å². The first kappa shape index (κ1) is 18.6. The van der Waals surface area contributed by atoms with Gasteiger partial charge in [0.1, 0.15) is 6.04 Å². The average Bonchev–Trinajstić information content (AvgIpc) is 3.35. The number of nitrogens with zero attached hydrogens (tertiary/aromatic N) is 2. The Labute approximate surface area is 163 Å². The lowest BCUT2D eigenvalue weighted by atomic mass is 9.82. The number of rotatable bonds is 3. The molecule has 2 unspecified atom stereocenters. The minimum atomic E-state index is -0.932. The molecule has 0 aliphatic carbocycles. The molecule has 0 saturated carbocycles. The van der Waals surface area contributed by atoms with E-state index in [9.17, 15) is 19.5 Å².